The Morgan fingerprint density at radius 3 is 2.15 bits per heavy atom. The second kappa shape index (κ2) is 7.26. The maximum Gasteiger partial charge on any atom is 0.189 e. The number of benzene rings is 1. The van der Waals surface area contributed by atoms with Gasteiger partial charge in [0.05, 0.1) is 11.4 Å². The van der Waals surface area contributed by atoms with Gasteiger partial charge < -0.3 is 11.1 Å². The molecule has 0 saturated heterocycles. The van der Waals surface area contributed by atoms with E-state index in [-0.39, 0.29) is 29.5 Å². The molecule has 7 heteroatoms. The average Bonchev–Trinajstić information content (AvgIpc) is 2.23. The van der Waals surface area contributed by atoms with E-state index in [1.165, 1.54) is 6.26 Å². The van der Waals surface area contributed by atoms with Gasteiger partial charge in [0.2, 0.25) is 0 Å². The summed E-state index contributed by atoms with van der Waals surface area (Å²) in [4.78, 5) is 4.51. The SMILES string of the molecule is CC(C)(C)NC(N)=NCc1ccc(S(C)(=O)=O)cc1.I. The number of sulfone groups is 1. The van der Waals surface area contributed by atoms with E-state index in [1.54, 1.807) is 24.3 Å². The van der Waals surface area contributed by atoms with Gasteiger partial charge in [-0.25, -0.2) is 13.4 Å². The second-order valence-electron chi connectivity index (χ2n) is 5.49. The topological polar surface area (TPSA) is 84.5 Å². The molecule has 1 aromatic carbocycles. The van der Waals surface area contributed by atoms with Gasteiger partial charge >= 0.3 is 0 Å². The first-order valence-corrected chi connectivity index (χ1v) is 7.84. The molecule has 114 valence electrons. The van der Waals surface area contributed by atoms with Crippen LogP contribution in [-0.4, -0.2) is 26.2 Å². The zero-order chi connectivity index (χ0) is 14.7. The molecule has 0 saturated carbocycles. The van der Waals surface area contributed by atoms with E-state index >= 15 is 0 Å². The number of guanidine groups is 1. The predicted molar refractivity (Wildman–Crippen MR) is 93.2 cm³/mol. The molecule has 1 rings (SSSR count). The maximum atomic E-state index is 11.3. The first-order valence-electron chi connectivity index (χ1n) is 5.95. The lowest BCUT2D eigenvalue weighted by Crippen LogP contribution is -2.44. The highest BCUT2D eigenvalue weighted by Crippen LogP contribution is 2.11. The van der Waals surface area contributed by atoms with Crippen LogP contribution in [-0.2, 0) is 16.4 Å². The van der Waals surface area contributed by atoms with Crippen molar-refractivity contribution in [2.45, 2.75) is 37.8 Å². The minimum atomic E-state index is -3.15. The summed E-state index contributed by atoms with van der Waals surface area (Å²) in [5.74, 6) is 0.375. The highest BCUT2D eigenvalue weighted by molar-refractivity contribution is 14.0. The fourth-order valence-electron chi connectivity index (χ4n) is 1.44. The molecule has 0 aliphatic rings. The van der Waals surface area contributed by atoms with Gasteiger partial charge in [-0.05, 0) is 38.5 Å². The van der Waals surface area contributed by atoms with Crippen molar-refractivity contribution in [3.05, 3.63) is 29.8 Å². The van der Waals surface area contributed by atoms with Crippen LogP contribution in [0.3, 0.4) is 0 Å². The van der Waals surface area contributed by atoms with Crippen molar-refractivity contribution in [1.82, 2.24) is 5.32 Å². The Kier molecular flexibility index (Phi) is 6.96. The molecule has 0 spiro atoms. The molecular weight excluding hydrogens is 389 g/mol. The van der Waals surface area contributed by atoms with E-state index in [0.29, 0.717) is 17.4 Å². The number of aliphatic imine (C=N–C) groups is 1. The summed E-state index contributed by atoms with van der Waals surface area (Å²) in [6.45, 7) is 6.40. The van der Waals surface area contributed by atoms with Crippen LogP contribution in [0.5, 0.6) is 0 Å². The number of halogens is 1. The molecule has 0 amide bonds. The van der Waals surface area contributed by atoms with Crippen molar-refractivity contribution >= 4 is 39.8 Å². The molecule has 20 heavy (non-hydrogen) atoms. The molecule has 5 nitrogen and oxygen atoms in total. The van der Waals surface area contributed by atoms with Crippen LogP contribution in [0.2, 0.25) is 0 Å². The molecule has 0 bridgehead atoms. The van der Waals surface area contributed by atoms with Crippen molar-refractivity contribution in [1.29, 1.82) is 0 Å². The summed E-state index contributed by atoms with van der Waals surface area (Å²) >= 11 is 0. The fourth-order valence-corrected chi connectivity index (χ4v) is 2.07. The van der Waals surface area contributed by atoms with Crippen molar-refractivity contribution in [2.75, 3.05) is 6.26 Å². The molecule has 0 unspecified atom stereocenters. The highest BCUT2D eigenvalue weighted by Gasteiger charge is 2.09. The van der Waals surface area contributed by atoms with Crippen LogP contribution >= 0.6 is 24.0 Å². The lowest BCUT2D eigenvalue weighted by atomic mass is 10.1. The van der Waals surface area contributed by atoms with Crippen LogP contribution in [0.4, 0.5) is 0 Å². The van der Waals surface area contributed by atoms with E-state index in [9.17, 15) is 8.42 Å². The lowest BCUT2D eigenvalue weighted by molar-refractivity contribution is 0.508. The number of nitrogens with one attached hydrogen (secondary N) is 1. The Hall–Kier alpha value is -0.830. The van der Waals surface area contributed by atoms with Crippen molar-refractivity contribution < 1.29 is 8.42 Å². The molecule has 1 aromatic rings. The van der Waals surface area contributed by atoms with Crippen LogP contribution < -0.4 is 11.1 Å². The van der Waals surface area contributed by atoms with Gasteiger partial charge in [-0.2, -0.15) is 0 Å². The number of nitrogens with two attached hydrogens (primary N) is 1. The third kappa shape index (κ3) is 7.09. The molecule has 0 heterocycles. The Balaban J connectivity index is 0.00000361. The Labute approximate surface area is 138 Å². The first kappa shape index (κ1) is 19.2. The Bertz CT molecular complexity index is 560. The third-order valence-corrected chi connectivity index (χ3v) is 3.42. The largest absolute Gasteiger partial charge is 0.370 e. The molecule has 0 atom stereocenters. The zero-order valence-corrected chi connectivity index (χ0v) is 15.3. The average molecular weight is 411 g/mol. The molecule has 0 aromatic heterocycles. The summed E-state index contributed by atoms with van der Waals surface area (Å²) in [5, 5.41) is 3.06. The number of rotatable bonds is 3. The first-order chi connectivity index (χ1) is 8.58. The van der Waals surface area contributed by atoms with Crippen LogP contribution in [0, 0.1) is 0 Å². The van der Waals surface area contributed by atoms with Crippen LogP contribution in [0.1, 0.15) is 26.3 Å². The van der Waals surface area contributed by atoms with E-state index in [1.807, 2.05) is 20.8 Å². The summed E-state index contributed by atoms with van der Waals surface area (Å²) < 4.78 is 22.6. The standard InChI is InChI=1S/C13H21N3O2S.HI/c1-13(2,3)16-12(14)15-9-10-5-7-11(8-6-10)19(4,17)18;/h5-8H,9H2,1-4H3,(H3,14,15,16);1H. The monoisotopic (exact) mass is 411 g/mol. The van der Waals surface area contributed by atoms with Gasteiger partial charge in [-0.1, -0.05) is 12.1 Å². The summed E-state index contributed by atoms with van der Waals surface area (Å²) in [6.07, 6.45) is 1.19. The second-order valence-corrected chi connectivity index (χ2v) is 7.51. The third-order valence-electron chi connectivity index (χ3n) is 2.29. The van der Waals surface area contributed by atoms with E-state index < -0.39 is 9.84 Å². The van der Waals surface area contributed by atoms with Gasteiger partial charge in [0.25, 0.3) is 0 Å². The minimum Gasteiger partial charge on any atom is -0.370 e. The van der Waals surface area contributed by atoms with Crippen molar-refractivity contribution in [3.8, 4) is 0 Å². The lowest BCUT2D eigenvalue weighted by Gasteiger charge is -2.20. The number of hydrogen-bond acceptors (Lipinski definition) is 3. The van der Waals surface area contributed by atoms with Gasteiger partial charge in [0.15, 0.2) is 15.8 Å². The summed E-state index contributed by atoms with van der Waals surface area (Å²) in [7, 11) is -3.15. The molecule has 0 aliphatic carbocycles. The maximum absolute atomic E-state index is 11.3. The van der Waals surface area contributed by atoms with Gasteiger partial charge in [0.1, 0.15) is 0 Å². The fraction of sp³-hybridized carbons (Fsp3) is 0.462. The molecule has 0 aliphatic heterocycles. The smallest absolute Gasteiger partial charge is 0.189 e. The molecule has 3 N–H and O–H groups in total. The summed E-state index contributed by atoms with van der Waals surface area (Å²) in [6, 6.07) is 6.63. The van der Waals surface area contributed by atoms with Gasteiger partial charge in [0, 0.05) is 11.8 Å². The van der Waals surface area contributed by atoms with Crippen molar-refractivity contribution in [3.63, 3.8) is 0 Å². The number of nitrogens with zero attached hydrogens (tertiary/aromatic N) is 1. The highest BCUT2D eigenvalue weighted by atomic mass is 127. The normalized spacial score (nSPS) is 12.7. The molecular formula is C13H22IN3O2S. The Morgan fingerprint density at radius 1 is 1.25 bits per heavy atom. The van der Waals surface area contributed by atoms with E-state index in [2.05, 4.69) is 10.3 Å². The zero-order valence-electron chi connectivity index (χ0n) is 12.2. The number of hydrogen-bond donors (Lipinski definition) is 2. The van der Waals surface area contributed by atoms with E-state index in [4.69, 9.17) is 5.73 Å². The minimum absolute atomic E-state index is 0. The van der Waals surface area contributed by atoms with Crippen LogP contribution in [0.25, 0.3) is 0 Å². The van der Waals surface area contributed by atoms with Crippen molar-refractivity contribution in [2.24, 2.45) is 10.7 Å². The summed E-state index contributed by atoms with van der Waals surface area (Å²) in [5.41, 5.74) is 6.53. The van der Waals surface area contributed by atoms with Gasteiger partial charge in [-0.3, -0.25) is 0 Å². The Morgan fingerprint density at radius 2 is 1.75 bits per heavy atom. The quantitative estimate of drug-likeness (QED) is 0.452. The predicted octanol–water partition coefficient (Wildman–Crippen LogP) is 1.91. The molecule has 0 radical (unpaired) electrons. The van der Waals surface area contributed by atoms with Crippen LogP contribution in [0.15, 0.2) is 34.2 Å². The molecule has 0 fully saturated rings. The van der Waals surface area contributed by atoms with E-state index in [0.717, 1.165) is 5.56 Å². The van der Waals surface area contributed by atoms with Gasteiger partial charge in [-0.15, -0.1) is 24.0 Å².